The van der Waals surface area contributed by atoms with Crippen molar-refractivity contribution in [1.82, 2.24) is 19.9 Å². The number of aliphatic hydroxyl groups is 1. The lowest BCUT2D eigenvalue weighted by molar-refractivity contribution is -0.141. The first-order valence-electron chi connectivity index (χ1n) is 9.80. The molecular weight excluding hydrogens is 415 g/mol. The van der Waals surface area contributed by atoms with Crippen molar-refractivity contribution in [2.24, 2.45) is 0 Å². The lowest BCUT2D eigenvalue weighted by Gasteiger charge is -2.33. The third-order valence-electron chi connectivity index (χ3n) is 5.32. The maximum absolute atomic E-state index is 12.9. The number of hydrogen-bond donors (Lipinski definition) is 3. The zero-order chi connectivity index (χ0) is 22.8. The Bertz CT molecular complexity index is 944. The van der Waals surface area contributed by atoms with Gasteiger partial charge in [0.2, 0.25) is 0 Å². The Morgan fingerprint density at radius 1 is 1.26 bits per heavy atom. The number of pyridine rings is 1. The second-order valence-corrected chi connectivity index (χ2v) is 7.79. The van der Waals surface area contributed by atoms with Crippen LogP contribution in [0.2, 0.25) is 0 Å². The van der Waals surface area contributed by atoms with Crippen molar-refractivity contribution in [3.8, 4) is 0 Å². The summed E-state index contributed by atoms with van der Waals surface area (Å²) in [7, 11) is 0. The van der Waals surface area contributed by atoms with Crippen LogP contribution in [-0.2, 0) is 11.8 Å². The van der Waals surface area contributed by atoms with Crippen LogP contribution in [0, 0.1) is 6.92 Å². The van der Waals surface area contributed by atoms with Crippen molar-refractivity contribution in [2.75, 3.05) is 25.0 Å². The zero-order valence-electron chi connectivity index (χ0n) is 17.1. The van der Waals surface area contributed by atoms with Gasteiger partial charge in [0.05, 0.1) is 5.69 Å². The molecule has 1 amide bonds. The standard InChI is InChI=1S/C20H24F3N5O3/c1-12-24-10-14(17(26-12)13-6-8-28(9-7-13)18(29)30)19(2,31)11-25-16-5-3-4-15(27-16)20(21,22)23/h3-5,10,13,31H,6-9,11H2,1-2H3,(H,25,27)(H,29,30). The quantitative estimate of drug-likeness (QED) is 0.655. The molecule has 0 spiro atoms. The van der Waals surface area contributed by atoms with Crippen LogP contribution >= 0.6 is 0 Å². The van der Waals surface area contributed by atoms with Gasteiger partial charge in [-0.15, -0.1) is 0 Å². The molecule has 2 aromatic rings. The van der Waals surface area contributed by atoms with Crippen LogP contribution in [0.1, 0.15) is 48.5 Å². The number of alkyl halides is 3. The molecule has 0 radical (unpaired) electrons. The SMILES string of the molecule is Cc1ncc(C(C)(O)CNc2cccc(C(F)(F)F)n2)c(C2CCN(C(=O)O)CC2)n1. The summed E-state index contributed by atoms with van der Waals surface area (Å²) in [5, 5.41) is 23.0. The van der Waals surface area contributed by atoms with Crippen molar-refractivity contribution < 1.29 is 28.2 Å². The van der Waals surface area contributed by atoms with Crippen molar-refractivity contribution in [1.29, 1.82) is 0 Å². The van der Waals surface area contributed by atoms with E-state index in [-0.39, 0.29) is 18.3 Å². The minimum absolute atomic E-state index is 0.0144. The molecular formula is C20H24F3N5O3. The number of aryl methyl sites for hydroxylation is 1. The van der Waals surface area contributed by atoms with Gasteiger partial charge >= 0.3 is 12.3 Å². The van der Waals surface area contributed by atoms with Crippen molar-refractivity contribution >= 4 is 11.9 Å². The number of nitrogens with one attached hydrogen (secondary N) is 1. The van der Waals surface area contributed by atoms with E-state index in [9.17, 15) is 23.1 Å². The van der Waals surface area contributed by atoms with E-state index in [1.54, 1.807) is 6.92 Å². The number of hydrogen-bond acceptors (Lipinski definition) is 6. The van der Waals surface area contributed by atoms with Crippen molar-refractivity contribution in [3.05, 3.63) is 47.2 Å². The van der Waals surface area contributed by atoms with Gasteiger partial charge in [-0.3, -0.25) is 0 Å². The second-order valence-electron chi connectivity index (χ2n) is 7.79. The minimum atomic E-state index is -4.57. The highest BCUT2D eigenvalue weighted by Gasteiger charge is 2.34. The number of nitrogens with zero attached hydrogens (tertiary/aromatic N) is 4. The average Bonchev–Trinajstić information content (AvgIpc) is 2.72. The maximum Gasteiger partial charge on any atom is 0.433 e. The summed E-state index contributed by atoms with van der Waals surface area (Å²) in [5.41, 5.74) is -1.45. The first kappa shape index (κ1) is 22.7. The van der Waals surface area contributed by atoms with E-state index in [4.69, 9.17) is 5.11 Å². The monoisotopic (exact) mass is 439 g/mol. The molecule has 1 aliphatic heterocycles. The maximum atomic E-state index is 12.9. The van der Waals surface area contributed by atoms with E-state index in [2.05, 4.69) is 20.3 Å². The molecule has 3 rings (SSSR count). The molecule has 11 heteroatoms. The van der Waals surface area contributed by atoms with Crippen molar-refractivity contribution in [2.45, 2.75) is 44.4 Å². The summed E-state index contributed by atoms with van der Waals surface area (Å²) >= 11 is 0. The Morgan fingerprint density at radius 3 is 2.55 bits per heavy atom. The molecule has 1 fully saturated rings. The molecule has 2 aromatic heterocycles. The van der Waals surface area contributed by atoms with Crippen LogP contribution in [-0.4, -0.2) is 55.8 Å². The average molecular weight is 439 g/mol. The Hall–Kier alpha value is -2.95. The Kier molecular flexibility index (Phi) is 6.35. The number of anilines is 1. The smallest absolute Gasteiger partial charge is 0.433 e. The molecule has 31 heavy (non-hydrogen) atoms. The molecule has 1 unspecified atom stereocenters. The topological polar surface area (TPSA) is 111 Å². The lowest BCUT2D eigenvalue weighted by Crippen LogP contribution is -2.38. The molecule has 1 aliphatic rings. The fourth-order valence-electron chi connectivity index (χ4n) is 3.61. The highest BCUT2D eigenvalue weighted by Crippen LogP contribution is 2.34. The zero-order valence-corrected chi connectivity index (χ0v) is 17.1. The summed E-state index contributed by atoms with van der Waals surface area (Å²) in [6.07, 6.45) is -2.92. The number of piperidine rings is 1. The fourth-order valence-corrected chi connectivity index (χ4v) is 3.61. The van der Waals surface area contributed by atoms with Gasteiger partial charge in [0, 0.05) is 37.3 Å². The second kappa shape index (κ2) is 8.66. The van der Waals surface area contributed by atoms with Crippen LogP contribution in [0.4, 0.5) is 23.8 Å². The Morgan fingerprint density at radius 2 is 1.94 bits per heavy atom. The predicted molar refractivity (Wildman–Crippen MR) is 106 cm³/mol. The third-order valence-corrected chi connectivity index (χ3v) is 5.32. The molecule has 0 bridgehead atoms. The van der Waals surface area contributed by atoms with Crippen LogP contribution in [0.15, 0.2) is 24.4 Å². The van der Waals surface area contributed by atoms with E-state index in [0.717, 1.165) is 6.07 Å². The molecule has 168 valence electrons. The van der Waals surface area contributed by atoms with Gasteiger partial charge in [0.25, 0.3) is 0 Å². The van der Waals surface area contributed by atoms with E-state index in [1.807, 2.05) is 0 Å². The van der Waals surface area contributed by atoms with E-state index in [1.165, 1.54) is 30.2 Å². The summed E-state index contributed by atoms with van der Waals surface area (Å²) in [5.74, 6) is 0.438. The van der Waals surface area contributed by atoms with Crippen LogP contribution in [0.25, 0.3) is 0 Å². The molecule has 1 atom stereocenters. The van der Waals surface area contributed by atoms with E-state index in [0.29, 0.717) is 43.0 Å². The Balaban J connectivity index is 1.79. The highest BCUT2D eigenvalue weighted by molar-refractivity contribution is 5.65. The summed E-state index contributed by atoms with van der Waals surface area (Å²) in [4.78, 5) is 24.7. The highest BCUT2D eigenvalue weighted by atomic mass is 19.4. The molecule has 8 nitrogen and oxygen atoms in total. The van der Waals surface area contributed by atoms with Gasteiger partial charge in [-0.05, 0) is 38.8 Å². The largest absolute Gasteiger partial charge is 0.465 e. The summed E-state index contributed by atoms with van der Waals surface area (Å²) < 4.78 is 38.7. The molecule has 0 saturated carbocycles. The first-order valence-corrected chi connectivity index (χ1v) is 9.80. The van der Waals surface area contributed by atoms with Gasteiger partial charge in [-0.1, -0.05) is 6.07 Å². The van der Waals surface area contributed by atoms with E-state index < -0.39 is 23.6 Å². The molecule has 1 saturated heterocycles. The predicted octanol–water partition coefficient (Wildman–Crippen LogP) is 3.38. The van der Waals surface area contributed by atoms with Gasteiger partial charge in [0.15, 0.2) is 0 Å². The number of amides is 1. The fraction of sp³-hybridized carbons (Fsp3) is 0.500. The number of rotatable bonds is 5. The number of aromatic nitrogens is 3. The number of carboxylic acid groups (broad SMARTS) is 1. The van der Waals surface area contributed by atoms with Gasteiger partial charge in [-0.25, -0.2) is 19.7 Å². The number of likely N-dealkylation sites (tertiary alicyclic amines) is 1. The number of carbonyl (C=O) groups is 1. The molecule has 3 N–H and O–H groups in total. The summed E-state index contributed by atoms with van der Waals surface area (Å²) in [6, 6.07) is 3.50. The normalized spacial score (nSPS) is 17.3. The lowest BCUT2D eigenvalue weighted by atomic mass is 9.85. The Labute approximate surface area is 177 Å². The molecule has 0 aromatic carbocycles. The van der Waals surface area contributed by atoms with Gasteiger partial charge in [-0.2, -0.15) is 13.2 Å². The van der Waals surface area contributed by atoms with Crippen LogP contribution < -0.4 is 5.32 Å². The third kappa shape index (κ3) is 5.40. The minimum Gasteiger partial charge on any atom is -0.465 e. The molecule has 0 aliphatic carbocycles. The number of halogens is 3. The van der Waals surface area contributed by atoms with Gasteiger partial charge in [0.1, 0.15) is 22.9 Å². The van der Waals surface area contributed by atoms with E-state index >= 15 is 0 Å². The summed E-state index contributed by atoms with van der Waals surface area (Å²) in [6.45, 7) is 3.85. The van der Waals surface area contributed by atoms with Crippen LogP contribution in [0.3, 0.4) is 0 Å². The molecule has 3 heterocycles. The first-order chi connectivity index (χ1) is 14.5. The van der Waals surface area contributed by atoms with Crippen LogP contribution in [0.5, 0.6) is 0 Å². The van der Waals surface area contributed by atoms with Gasteiger partial charge < -0.3 is 20.4 Å². The van der Waals surface area contributed by atoms with Crippen molar-refractivity contribution in [3.63, 3.8) is 0 Å².